The van der Waals surface area contributed by atoms with E-state index in [1.54, 1.807) is 15.6 Å². The maximum Gasteiger partial charge on any atom is 0.262 e. The highest BCUT2D eigenvalue weighted by Gasteiger charge is 2.25. The highest BCUT2D eigenvalue weighted by molar-refractivity contribution is 5.76. The molecule has 0 unspecified atom stereocenters. The fourth-order valence-corrected chi connectivity index (χ4v) is 3.99. The van der Waals surface area contributed by atoms with Crippen LogP contribution in [0, 0.1) is 20.8 Å². The van der Waals surface area contributed by atoms with Crippen molar-refractivity contribution in [2.75, 3.05) is 0 Å². The molecule has 7 heteroatoms. The van der Waals surface area contributed by atoms with E-state index < -0.39 is 0 Å². The maximum atomic E-state index is 12.7. The van der Waals surface area contributed by atoms with Gasteiger partial charge in [0.25, 0.3) is 5.56 Å². The smallest absolute Gasteiger partial charge is 0.262 e. The minimum Gasteiger partial charge on any atom is -0.304 e. The van der Waals surface area contributed by atoms with E-state index in [0.29, 0.717) is 28.5 Å². The number of nitrogens with one attached hydrogen (secondary N) is 1. The van der Waals surface area contributed by atoms with Crippen molar-refractivity contribution in [2.24, 2.45) is 7.05 Å². The first-order valence-corrected chi connectivity index (χ1v) is 9.52. The maximum absolute atomic E-state index is 12.7. The highest BCUT2D eigenvalue weighted by Crippen LogP contribution is 2.41. The number of aromatic amines is 1. The van der Waals surface area contributed by atoms with Gasteiger partial charge in [0.2, 0.25) is 0 Å². The van der Waals surface area contributed by atoms with Gasteiger partial charge in [0, 0.05) is 19.4 Å². The number of aryl methyl sites for hydroxylation is 4. The normalized spacial score (nSPS) is 14.1. The Kier molecular flexibility index (Phi) is 3.56. The topological polar surface area (TPSA) is 81.4 Å². The van der Waals surface area contributed by atoms with E-state index in [9.17, 15) is 4.79 Å². The molecule has 4 aromatic rings. The van der Waals surface area contributed by atoms with Crippen LogP contribution in [0.2, 0.25) is 0 Å². The van der Waals surface area contributed by atoms with Crippen LogP contribution in [-0.2, 0) is 7.05 Å². The van der Waals surface area contributed by atoms with Gasteiger partial charge in [-0.1, -0.05) is 12.1 Å². The fraction of sp³-hybridized carbons (Fsp3) is 0.333. The molecule has 7 nitrogen and oxygen atoms in total. The lowest BCUT2D eigenvalue weighted by atomic mass is 10.0. The predicted octanol–water partition coefficient (Wildman–Crippen LogP) is 3.31. The van der Waals surface area contributed by atoms with Gasteiger partial charge in [0.1, 0.15) is 11.1 Å². The number of rotatable bonds is 3. The van der Waals surface area contributed by atoms with Gasteiger partial charge in [-0.15, -0.1) is 5.10 Å². The van der Waals surface area contributed by atoms with Crippen LogP contribution >= 0.6 is 0 Å². The number of hydrogen-bond acceptors (Lipinski definition) is 4. The second-order valence-corrected chi connectivity index (χ2v) is 7.84. The molecule has 0 saturated heterocycles. The Bertz CT molecular complexity index is 1270. The zero-order valence-electron chi connectivity index (χ0n) is 16.4. The van der Waals surface area contributed by atoms with Crippen molar-refractivity contribution in [2.45, 2.75) is 39.5 Å². The third-order valence-corrected chi connectivity index (χ3v) is 5.42. The van der Waals surface area contributed by atoms with Gasteiger partial charge in [-0.25, -0.2) is 9.67 Å². The molecule has 0 bridgehead atoms. The Morgan fingerprint density at radius 3 is 2.36 bits per heavy atom. The lowest BCUT2D eigenvalue weighted by Gasteiger charge is -2.12. The second-order valence-electron chi connectivity index (χ2n) is 7.84. The Morgan fingerprint density at radius 1 is 1.04 bits per heavy atom. The Labute approximate surface area is 162 Å². The van der Waals surface area contributed by atoms with Crippen LogP contribution in [0.4, 0.5) is 0 Å². The number of H-pyrrole nitrogens is 1. The molecule has 3 aromatic heterocycles. The minimum atomic E-state index is -0.207. The second kappa shape index (κ2) is 5.89. The zero-order valence-corrected chi connectivity index (χ0v) is 16.4. The van der Waals surface area contributed by atoms with E-state index >= 15 is 0 Å². The number of hydrogen-bond donors (Lipinski definition) is 1. The van der Waals surface area contributed by atoms with E-state index in [0.717, 1.165) is 22.4 Å². The van der Waals surface area contributed by atoms with Crippen LogP contribution in [0.5, 0.6) is 0 Å². The van der Waals surface area contributed by atoms with Crippen molar-refractivity contribution in [1.82, 2.24) is 29.5 Å². The molecule has 1 N–H and O–H groups in total. The van der Waals surface area contributed by atoms with Gasteiger partial charge in [0.15, 0.2) is 11.5 Å². The van der Waals surface area contributed by atoms with Crippen molar-refractivity contribution >= 4 is 11.0 Å². The Hall–Kier alpha value is -3.22. The summed E-state index contributed by atoms with van der Waals surface area (Å²) in [6, 6.07) is 4.49. The van der Waals surface area contributed by atoms with Crippen molar-refractivity contribution in [3.05, 3.63) is 57.1 Å². The van der Waals surface area contributed by atoms with Crippen molar-refractivity contribution in [3.63, 3.8) is 0 Å². The van der Waals surface area contributed by atoms with Gasteiger partial charge >= 0.3 is 0 Å². The molecule has 0 atom stereocenters. The van der Waals surface area contributed by atoms with Crippen molar-refractivity contribution in [3.8, 4) is 17.2 Å². The van der Waals surface area contributed by atoms with Crippen LogP contribution in [0.15, 0.2) is 29.3 Å². The molecule has 1 aromatic carbocycles. The van der Waals surface area contributed by atoms with Gasteiger partial charge in [-0.3, -0.25) is 9.48 Å². The predicted molar refractivity (Wildman–Crippen MR) is 108 cm³/mol. The lowest BCUT2D eigenvalue weighted by Crippen LogP contribution is -2.09. The van der Waals surface area contributed by atoms with Gasteiger partial charge in [-0.2, -0.15) is 5.10 Å². The van der Waals surface area contributed by atoms with Crippen LogP contribution in [0.3, 0.4) is 0 Å². The first kappa shape index (κ1) is 16.9. The molecule has 1 saturated carbocycles. The van der Waals surface area contributed by atoms with Crippen LogP contribution < -0.4 is 5.56 Å². The summed E-state index contributed by atoms with van der Waals surface area (Å²) in [7, 11) is 1.85. The average Bonchev–Trinajstić information content (AvgIpc) is 3.30. The molecule has 1 fully saturated rings. The summed E-state index contributed by atoms with van der Waals surface area (Å²) >= 11 is 0. The molecular weight excluding hydrogens is 352 g/mol. The Balaban J connectivity index is 1.66. The minimum absolute atomic E-state index is 0.207. The van der Waals surface area contributed by atoms with Crippen LogP contribution in [0.1, 0.15) is 41.0 Å². The standard InChI is InChI=1S/C21H22N6O/c1-11-7-15(14-5-6-14)8-12(2)18(11)27-10-16-19(25-27)22-20(23-21(16)28)17-13(3)9-26(4)24-17/h7-10,14H,5-6H2,1-4H3,(H,22,23,25,28). The van der Waals surface area contributed by atoms with Gasteiger partial charge in [0.05, 0.1) is 5.69 Å². The Morgan fingerprint density at radius 2 is 1.75 bits per heavy atom. The molecule has 3 heterocycles. The van der Waals surface area contributed by atoms with E-state index in [1.807, 2.05) is 20.2 Å². The van der Waals surface area contributed by atoms with E-state index in [-0.39, 0.29) is 5.56 Å². The summed E-state index contributed by atoms with van der Waals surface area (Å²) in [5.74, 6) is 1.15. The first-order valence-electron chi connectivity index (χ1n) is 9.52. The van der Waals surface area contributed by atoms with Crippen LogP contribution in [-0.4, -0.2) is 29.5 Å². The summed E-state index contributed by atoms with van der Waals surface area (Å²) in [6.45, 7) is 6.14. The molecule has 0 radical (unpaired) electrons. The van der Waals surface area contributed by atoms with Gasteiger partial charge in [-0.05, 0) is 61.8 Å². The van der Waals surface area contributed by atoms with Gasteiger partial charge < -0.3 is 4.98 Å². The number of fused-ring (bicyclic) bond motifs is 1. The lowest BCUT2D eigenvalue weighted by molar-refractivity contribution is 0.768. The SMILES string of the molecule is Cc1cn(C)nc1-c1nc2nn(-c3c(C)cc(C4CC4)cc3C)cc2c(=O)[nH]1. The summed E-state index contributed by atoms with van der Waals surface area (Å²) in [5, 5.41) is 9.51. The molecular formula is C21H22N6O. The molecule has 28 heavy (non-hydrogen) atoms. The molecule has 142 valence electrons. The van der Waals surface area contributed by atoms with Crippen molar-refractivity contribution in [1.29, 1.82) is 0 Å². The fourth-order valence-electron chi connectivity index (χ4n) is 3.99. The number of benzene rings is 1. The number of aromatic nitrogens is 6. The largest absolute Gasteiger partial charge is 0.304 e. The molecule has 0 aliphatic heterocycles. The molecule has 1 aliphatic rings. The molecule has 0 amide bonds. The summed E-state index contributed by atoms with van der Waals surface area (Å²) in [4.78, 5) is 20.1. The van der Waals surface area contributed by atoms with E-state index in [1.165, 1.54) is 18.4 Å². The molecule has 0 spiro atoms. The third-order valence-electron chi connectivity index (χ3n) is 5.42. The third kappa shape index (κ3) is 2.66. The highest BCUT2D eigenvalue weighted by atomic mass is 16.1. The van der Waals surface area contributed by atoms with Crippen molar-refractivity contribution < 1.29 is 0 Å². The molecule has 1 aliphatic carbocycles. The molecule has 5 rings (SSSR count). The van der Waals surface area contributed by atoms with Crippen LogP contribution in [0.25, 0.3) is 28.2 Å². The average molecular weight is 374 g/mol. The summed E-state index contributed by atoms with van der Waals surface area (Å²) < 4.78 is 3.49. The quantitative estimate of drug-likeness (QED) is 0.596. The summed E-state index contributed by atoms with van der Waals surface area (Å²) in [5.41, 5.74) is 6.56. The summed E-state index contributed by atoms with van der Waals surface area (Å²) in [6.07, 6.45) is 6.21. The first-order chi connectivity index (χ1) is 13.4. The zero-order chi connectivity index (χ0) is 19.6. The monoisotopic (exact) mass is 374 g/mol. The van der Waals surface area contributed by atoms with E-state index in [4.69, 9.17) is 0 Å². The number of nitrogens with zero attached hydrogens (tertiary/aromatic N) is 5. The van der Waals surface area contributed by atoms with E-state index in [2.05, 4.69) is 46.1 Å².